The highest BCUT2D eigenvalue weighted by molar-refractivity contribution is 6.01. The van der Waals surface area contributed by atoms with Crippen LogP contribution < -0.4 is 5.32 Å². The van der Waals surface area contributed by atoms with Gasteiger partial charge in [-0.2, -0.15) is 0 Å². The summed E-state index contributed by atoms with van der Waals surface area (Å²) in [5, 5.41) is 3.29. The summed E-state index contributed by atoms with van der Waals surface area (Å²) in [4.78, 5) is 63.9. The Balaban J connectivity index is 2.10. The minimum atomic E-state index is -0.622. The van der Waals surface area contributed by atoms with Gasteiger partial charge >= 0.3 is 5.97 Å². The molecule has 4 amide bonds. The minimum absolute atomic E-state index is 0.0693. The van der Waals surface area contributed by atoms with E-state index in [0.717, 1.165) is 0 Å². The molecule has 0 spiro atoms. The number of carbonyl (C=O) groups is 5. The fourth-order valence-electron chi connectivity index (χ4n) is 2.44. The third kappa shape index (κ3) is 8.15. The SMILES string of the molecule is C=CN(CCC(=O)NCCCCCC(=O)ON1C(=O)CCC1=O)C(=O)/C=C\C. The fraction of sp³-hybridized carbons (Fsp3) is 0.526. The van der Waals surface area contributed by atoms with E-state index in [4.69, 9.17) is 4.84 Å². The summed E-state index contributed by atoms with van der Waals surface area (Å²) in [6.45, 7) is 5.99. The smallest absolute Gasteiger partial charge is 0.333 e. The van der Waals surface area contributed by atoms with E-state index in [1.54, 1.807) is 13.0 Å². The van der Waals surface area contributed by atoms with Crippen LogP contribution in [0.3, 0.4) is 0 Å². The summed E-state index contributed by atoms with van der Waals surface area (Å²) in [6.07, 6.45) is 6.67. The molecule has 1 aliphatic rings. The van der Waals surface area contributed by atoms with Gasteiger partial charge in [0.05, 0.1) is 0 Å². The number of allylic oxidation sites excluding steroid dienone is 1. The predicted octanol–water partition coefficient (Wildman–Crippen LogP) is 1.21. The summed E-state index contributed by atoms with van der Waals surface area (Å²) < 4.78 is 0. The summed E-state index contributed by atoms with van der Waals surface area (Å²) in [5.41, 5.74) is 0. The molecule has 0 unspecified atom stereocenters. The van der Waals surface area contributed by atoms with Crippen LogP contribution in [0.4, 0.5) is 0 Å². The number of nitrogens with one attached hydrogen (secondary N) is 1. The molecule has 1 N–H and O–H groups in total. The Morgan fingerprint density at radius 2 is 1.82 bits per heavy atom. The lowest BCUT2D eigenvalue weighted by Gasteiger charge is -2.15. The second kappa shape index (κ2) is 12.4. The van der Waals surface area contributed by atoms with Crippen molar-refractivity contribution in [1.29, 1.82) is 0 Å². The average molecular weight is 393 g/mol. The minimum Gasteiger partial charge on any atom is -0.356 e. The van der Waals surface area contributed by atoms with Crippen LogP contribution >= 0.6 is 0 Å². The molecule has 9 nitrogen and oxygen atoms in total. The Labute approximate surface area is 164 Å². The van der Waals surface area contributed by atoms with Crippen LogP contribution in [0.2, 0.25) is 0 Å². The van der Waals surface area contributed by atoms with Crippen LogP contribution in [0.1, 0.15) is 51.9 Å². The van der Waals surface area contributed by atoms with Gasteiger partial charge in [-0.3, -0.25) is 19.2 Å². The summed E-state index contributed by atoms with van der Waals surface area (Å²) in [6, 6.07) is 0. The van der Waals surface area contributed by atoms with Gasteiger partial charge < -0.3 is 15.1 Å². The van der Waals surface area contributed by atoms with Crippen molar-refractivity contribution in [2.75, 3.05) is 13.1 Å². The quantitative estimate of drug-likeness (QED) is 0.303. The lowest BCUT2D eigenvalue weighted by molar-refractivity contribution is -0.197. The number of hydroxylamine groups is 2. The zero-order chi connectivity index (χ0) is 20.9. The third-order valence-electron chi connectivity index (χ3n) is 3.97. The van der Waals surface area contributed by atoms with Crippen molar-refractivity contribution in [3.8, 4) is 0 Å². The second-order valence-corrected chi connectivity index (χ2v) is 6.17. The topological polar surface area (TPSA) is 113 Å². The van der Waals surface area contributed by atoms with Crippen LogP contribution in [0.15, 0.2) is 24.9 Å². The highest BCUT2D eigenvalue weighted by atomic mass is 16.7. The zero-order valence-corrected chi connectivity index (χ0v) is 16.1. The summed E-state index contributed by atoms with van der Waals surface area (Å²) in [7, 11) is 0. The number of imide groups is 1. The molecule has 1 heterocycles. The normalized spacial score (nSPS) is 13.7. The maximum absolute atomic E-state index is 11.8. The number of carbonyl (C=O) groups excluding carboxylic acids is 5. The Kier molecular flexibility index (Phi) is 10.2. The van der Waals surface area contributed by atoms with Gasteiger partial charge in [0.2, 0.25) is 11.8 Å². The molecule has 0 aliphatic carbocycles. The number of rotatable bonds is 12. The maximum Gasteiger partial charge on any atom is 0.333 e. The molecule has 9 heteroatoms. The van der Waals surface area contributed by atoms with E-state index in [-0.39, 0.29) is 44.0 Å². The van der Waals surface area contributed by atoms with E-state index in [9.17, 15) is 24.0 Å². The van der Waals surface area contributed by atoms with E-state index in [0.29, 0.717) is 30.9 Å². The lowest BCUT2D eigenvalue weighted by atomic mass is 10.2. The van der Waals surface area contributed by atoms with Gasteiger partial charge in [0.25, 0.3) is 11.8 Å². The number of hydrogen-bond donors (Lipinski definition) is 1. The summed E-state index contributed by atoms with van der Waals surface area (Å²) in [5.74, 6) is -2.02. The second-order valence-electron chi connectivity index (χ2n) is 6.17. The molecule has 0 bridgehead atoms. The molecular weight excluding hydrogens is 366 g/mol. The molecule has 154 valence electrons. The van der Waals surface area contributed by atoms with E-state index < -0.39 is 17.8 Å². The molecule has 0 radical (unpaired) electrons. The van der Waals surface area contributed by atoms with Crippen molar-refractivity contribution in [3.63, 3.8) is 0 Å². The Morgan fingerprint density at radius 3 is 2.43 bits per heavy atom. The van der Waals surface area contributed by atoms with Gasteiger partial charge in [0.15, 0.2) is 0 Å². The number of nitrogens with zero attached hydrogens (tertiary/aromatic N) is 2. The van der Waals surface area contributed by atoms with E-state index in [1.807, 2.05) is 0 Å². The Hall–Kier alpha value is -2.97. The number of amides is 4. The fourth-order valence-corrected chi connectivity index (χ4v) is 2.44. The van der Waals surface area contributed by atoms with E-state index in [2.05, 4.69) is 11.9 Å². The Bertz CT molecular complexity index is 628. The first-order chi connectivity index (χ1) is 13.4. The van der Waals surface area contributed by atoms with Crippen LogP contribution in [0, 0.1) is 0 Å². The van der Waals surface area contributed by atoms with Crippen molar-refractivity contribution in [3.05, 3.63) is 24.9 Å². The molecule has 28 heavy (non-hydrogen) atoms. The highest BCUT2D eigenvalue weighted by Gasteiger charge is 2.32. The largest absolute Gasteiger partial charge is 0.356 e. The van der Waals surface area contributed by atoms with Gasteiger partial charge in [-0.1, -0.05) is 19.1 Å². The first-order valence-corrected chi connectivity index (χ1v) is 9.28. The van der Waals surface area contributed by atoms with Crippen LogP contribution in [-0.2, 0) is 28.8 Å². The summed E-state index contributed by atoms with van der Waals surface area (Å²) >= 11 is 0. The molecular formula is C19H27N3O6. The van der Waals surface area contributed by atoms with Crippen LogP contribution in [-0.4, -0.2) is 52.7 Å². The highest BCUT2D eigenvalue weighted by Crippen LogP contribution is 2.13. The zero-order valence-electron chi connectivity index (χ0n) is 16.1. The van der Waals surface area contributed by atoms with Crippen molar-refractivity contribution in [2.24, 2.45) is 0 Å². The van der Waals surface area contributed by atoms with Crippen molar-refractivity contribution in [2.45, 2.75) is 51.9 Å². The molecule has 0 aromatic rings. The molecule has 1 aliphatic heterocycles. The standard InChI is InChI=1S/C19H27N3O6/c1-3-8-16(24)21(4-2)14-12-15(23)20-13-7-5-6-9-19(27)28-22-17(25)10-11-18(22)26/h3-4,8H,2,5-7,9-14H2,1H3,(H,20,23)/b8-3-. The van der Waals surface area contributed by atoms with Gasteiger partial charge in [0, 0.05) is 38.8 Å². The van der Waals surface area contributed by atoms with E-state index >= 15 is 0 Å². The molecule has 0 atom stereocenters. The first-order valence-electron chi connectivity index (χ1n) is 9.28. The Morgan fingerprint density at radius 1 is 1.14 bits per heavy atom. The lowest BCUT2D eigenvalue weighted by Crippen LogP contribution is -2.32. The van der Waals surface area contributed by atoms with Gasteiger partial charge in [-0.25, -0.2) is 4.79 Å². The van der Waals surface area contributed by atoms with Gasteiger partial charge in [-0.15, -0.1) is 5.06 Å². The number of unbranched alkanes of at least 4 members (excludes halogenated alkanes) is 2. The third-order valence-corrected chi connectivity index (χ3v) is 3.97. The first kappa shape index (κ1) is 23.1. The van der Waals surface area contributed by atoms with E-state index in [1.165, 1.54) is 17.2 Å². The molecule has 1 rings (SSSR count). The van der Waals surface area contributed by atoms with Crippen LogP contribution in [0.25, 0.3) is 0 Å². The maximum atomic E-state index is 11.8. The predicted molar refractivity (Wildman–Crippen MR) is 100.0 cm³/mol. The molecule has 0 aromatic carbocycles. The number of hydrogen-bond acceptors (Lipinski definition) is 6. The molecule has 0 saturated carbocycles. The van der Waals surface area contributed by atoms with Crippen LogP contribution in [0.5, 0.6) is 0 Å². The van der Waals surface area contributed by atoms with Crippen molar-refractivity contribution in [1.82, 2.24) is 15.3 Å². The monoisotopic (exact) mass is 393 g/mol. The van der Waals surface area contributed by atoms with Crippen molar-refractivity contribution < 1.29 is 28.8 Å². The molecule has 1 saturated heterocycles. The van der Waals surface area contributed by atoms with Crippen molar-refractivity contribution >= 4 is 29.6 Å². The van der Waals surface area contributed by atoms with Gasteiger partial charge in [0.1, 0.15) is 0 Å². The molecule has 0 aromatic heterocycles. The molecule has 1 fully saturated rings. The van der Waals surface area contributed by atoms with Gasteiger partial charge in [-0.05, 0) is 32.0 Å². The average Bonchev–Trinajstić information content (AvgIpc) is 2.97.